The number of carbonyl (C=O) groups excluding carboxylic acids is 4. The van der Waals surface area contributed by atoms with Crippen LogP contribution in [0.1, 0.15) is 77.3 Å². The number of ether oxygens (including phenoxy) is 1. The van der Waals surface area contributed by atoms with Crippen molar-refractivity contribution in [3.05, 3.63) is 57.9 Å². The van der Waals surface area contributed by atoms with Gasteiger partial charge in [-0.15, -0.1) is 0 Å². The van der Waals surface area contributed by atoms with Crippen LogP contribution in [-0.2, 0) is 21.5 Å². The van der Waals surface area contributed by atoms with Crippen molar-refractivity contribution >= 4 is 23.7 Å². The first-order valence-electron chi connectivity index (χ1n) is 11.2. The first-order chi connectivity index (χ1) is 15.6. The van der Waals surface area contributed by atoms with Gasteiger partial charge in [-0.3, -0.25) is 14.5 Å². The van der Waals surface area contributed by atoms with Crippen LogP contribution in [0, 0.1) is 13.8 Å². The maximum atomic E-state index is 13.4. The number of nitrogens with one attached hydrogen (secondary N) is 2. The average molecular weight is 454 g/mol. The van der Waals surface area contributed by atoms with E-state index in [2.05, 4.69) is 17.2 Å². The molecule has 1 aromatic carbocycles. The largest absolute Gasteiger partial charge is 0.462 e. The molecular weight excluding hydrogens is 422 g/mol. The lowest BCUT2D eigenvalue weighted by Gasteiger charge is -2.24. The first kappa shape index (κ1) is 24.2. The summed E-state index contributed by atoms with van der Waals surface area (Å²) >= 11 is 0. The van der Waals surface area contributed by atoms with Crippen molar-refractivity contribution in [3.63, 3.8) is 0 Å². The Bertz CT molecular complexity index is 1100. The van der Waals surface area contributed by atoms with Gasteiger partial charge < -0.3 is 15.0 Å². The summed E-state index contributed by atoms with van der Waals surface area (Å²) in [6, 6.07) is 5.87. The smallest absolute Gasteiger partial charge is 0.340 e. The summed E-state index contributed by atoms with van der Waals surface area (Å²) in [7, 11) is 0. The van der Waals surface area contributed by atoms with Gasteiger partial charge >= 0.3 is 12.0 Å². The molecule has 2 unspecified atom stereocenters. The summed E-state index contributed by atoms with van der Waals surface area (Å²) in [6.45, 7) is 10.5. The lowest BCUT2D eigenvalue weighted by Crippen LogP contribution is -2.45. The predicted octanol–water partition coefficient (Wildman–Crippen LogP) is 3.80. The third-order valence-electron chi connectivity index (χ3n) is 6.22. The molecule has 1 aromatic heterocycles. The highest BCUT2D eigenvalue weighted by molar-refractivity contribution is 6.13. The number of esters is 1. The molecule has 176 valence electrons. The van der Waals surface area contributed by atoms with Gasteiger partial charge in [-0.1, -0.05) is 37.6 Å². The van der Waals surface area contributed by atoms with Crippen molar-refractivity contribution in [1.29, 1.82) is 0 Å². The number of benzene rings is 1. The van der Waals surface area contributed by atoms with Crippen LogP contribution in [0.5, 0.6) is 0 Å². The van der Waals surface area contributed by atoms with Gasteiger partial charge in [0.1, 0.15) is 11.6 Å². The normalized spacial score (nSPS) is 18.9. The Kier molecular flexibility index (Phi) is 6.76. The molecule has 8 nitrogen and oxygen atoms in total. The van der Waals surface area contributed by atoms with Crippen molar-refractivity contribution in [2.45, 2.75) is 66.0 Å². The summed E-state index contributed by atoms with van der Waals surface area (Å²) in [6.07, 6.45) is 1.94. The second kappa shape index (κ2) is 9.21. The maximum Gasteiger partial charge on any atom is 0.340 e. The molecule has 0 aliphatic carbocycles. The minimum atomic E-state index is -1.27. The zero-order valence-electron chi connectivity index (χ0n) is 20.0. The number of amides is 3. The number of aromatic amines is 1. The van der Waals surface area contributed by atoms with Gasteiger partial charge in [-0.05, 0) is 57.7 Å². The van der Waals surface area contributed by atoms with Gasteiger partial charge in [0.15, 0.2) is 0 Å². The molecule has 1 aliphatic rings. The summed E-state index contributed by atoms with van der Waals surface area (Å²) in [5, 5.41) is 2.75. The number of Topliss-reactive ketones (excluding diaryl/α,β-unsaturated/α-hetero) is 1. The fourth-order valence-electron chi connectivity index (χ4n) is 4.33. The van der Waals surface area contributed by atoms with E-state index in [1.807, 2.05) is 24.3 Å². The Morgan fingerprint density at radius 2 is 1.76 bits per heavy atom. The Morgan fingerprint density at radius 3 is 2.33 bits per heavy atom. The van der Waals surface area contributed by atoms with E-state index in [9.17, 15) is 19.2 Å². The summed E-state index contributed by atoms with van der Waals surface area (Å²) in [4.78, 5) is 55.7. The summed E-state index contributed by atoms with van der Waals surface area (Å²) in [5.41, 5.74) is 1.94. The number of carbonyl (C=O) groups is 4. The SMILES string of the molecule is CCCc1ccc(C2(C)NC(=O)N(C(C)C(=O)c3[nH]c(C)c(C(=O)OCC)c3C)C2=O)cc1. The molecule has 8 heteroatoms. The number of aryl methyl sites for hydroxylation is 2. The number of nitrogens with zero attached hydrogens (tertiary/aromatic N) is 1. The van der Waals surface area contributed by atoms with Crippen LogP contribution >= 0.6 is 0 Å². The molecule has 1 aliphatic heterocycles. The number of H-pyrrole nitrogens is 1. The van der Waals surface area contributed by atoms with Crippen molar-refractivity contribution < 1.29 is 23.9 Å². The fraction of sp³-hybridized carbons (Fsp3) is 0.440. The molecule has 2 N–H and O–H groups in total. The topological polar surface area (TPSA) is 109 Å². The van der Waals surface area contributed by atoms with Crippen LogP contribution in [0.4, 0.5) is 4.79 Å². The van der Waals surface area contributed by atoms with E-state index in [0.717, 1.165) is 23.3 Å². The molecular formula is C25H31N3O5. The number of aromatic nitrogens is 1. The highest BCUT2D eigenvalue weighted by Crippen LogP contribution is 2.31. The van der Waals surface area contributed by atoms with Crippen LogP contribution in [0.3, 0.4) is 0 Å². The molecule has 33 heavy (non-hydrogen) atoms. The minimum absolute atomic E-state index is 0.182. The lowest BCUT2D eigenvalue weighted by atomic mass is 9.90. The number of ketones is 1. The summed E-state index contributed by atoms with van der Waals surface area (Å²) in [5.74, 6) is -1.48. The van der Waals surface area contributed by atoms with E-state index in [1.54, 1.807) is 27.7 Å². The molecule has 0 bridgehead atoms. The molecule has 2 atom stereocenters. The van der Waals surface area contributed by atoms with E-state index >= 15 is 0 Å². The van der Waals surface area contributed by atoms with Crippen LogP contribution in [0.15, 0.2) is 24.3 Å². The lowest BCUT2D eigenvalue weighted by molar-refractivity contribution is -0.131. The maximum absolute atomic E-state index is 13.4. The molecule has 3 amide bonds. The van der Waals surface area contributed by atoms with Gasteiger partial charge in [-0.2, -0.15) is 0 Å². The van der Waals surface area contributed by atoms with E-state index in [4.69, 9.17) is 4.74 Å². The van der Waals surface area contributed by atoms with Crippen LogP contribution in [0.25, 0.3) is 0 Å². The Balaban J connectivity index is 1.89. The van der Waals surface area contributed by atoms with Gasteiger partial charge in [0.05, 0.1) is 17.9 Å². The number of hydrogen-bond acceptors (Lipinski definition) is 5. The molecule has 0 saturated carbocycles. The average Bonchev–Trinajstić information content (AvgIpc) is 3.19. The van der Waals surface area contributed by atoms with Gasteiger partial charge in [0, 0.05) is 5.69 Å². The van der Waals surface area contributed by atoms with Crippen LogP contribution in [-0.4, -0.2) is 46.2 Å². The number of urea groups is 1. The highest BCUT2D eigenvalue weighted by Gasteiger charge is 2.52. The zero-order chi connectivity index (χ0) is 24.5. The molecule has 2 aromatic rings. The van der Waals surface area contributed by atoms with E-state index < -0.39 is 35.3 Å². The van der Waals surface area contributed by atoms with E-state index in [0.29, 0.717) is 22.4 Å². The molecule has 3 rings (SSSR count). The zero-order valence-corrected chi connectivity index (χ0v) is 20.0. The first-order valence-corrected chi connectivity index (χ1v) is 11.2. The second-order valence-corrected chi connectivity index (χ2v) is 8.56. The van der Waals surface area contributed by atoms with Crippen molar-refractivity contribution in [2.24, 2.45) is 0 Å². The Morgan fingerprint density at radius 1 is 1.12 bits per heavy atom. The van der Waals surface area contributed by atoms with Crippen LogP contribution in [0.2, 0.25) is 0 Å². The monoisotopic (exact) mass is 453 g/mol. The second-order valence-electron chi connectivity index (χ2n) is 8.56. The number of hydrogen-bond donors (Lipinski definition) is 2. The van der Waals surface area contributed by atoms with Crippen molar-refractivity contribution in [3.8, 4) is 0 Å². The standard InChI is InChI=1S/C25H31N3O5/c1-7-9-17-10-12-18(13-11-17)25(6)23(31)28(24(32)27-25)16(5)21(29)20-14(3)19(15(4)26-20)22(30)33-8-2/h10-13,16,26H,7-9H2,1-6H3,(H,27,32). The Hall–Kier alpha value is -3.42. The highest BCUT2D eigenvalue weighted by atomic mass is 16.5. The number of rotatable bonds is 8. The molecule has 0 radical (unpaired) electrons. The van der Waals surface area contributed by atoms with E-state index in [1.165, 1.54) is 6.92 Å². The van der Waals surface area contributed by atoms with Crippen LogP contribution < -0.4 is 5.32 Å². The Labute approximate surface area is 193 Å². The van der Waals surface area contributed by atoms with E-state index in [-0.39, 0.29) is 12.3 Å². The number of imide groups is 1. The molecule has 2 heterocycles. The fourth-order valence-corrected chi connectivity index (χ4v) is 4.33. The van der Waals surface area contributed by atoms with Gasteiger partial charge in [0.25, 0.3) is 5.91 Å². The van der Waals surface area contributed by atoms with Gasteiger partial charge in [-0.25, -0.2) is 9.59 Å². The molecule has 1 saturated heterocycles. The van der Waals surface area contributed by atoms with Crippen molar-refractivity contribution in [1.82, 2.24) is 15.2 Å². The molecule has 1 fully saturated rings. The minimum Gasteiger partial charge on any atom is -0.462 e. The molecule has 0 spiro atoms. The third-order valence-corrected chi connectivity index (χ3v) is 6.22. The predicted molar refractivity (Wildman–Crippen MR) is 123 cm³/mol. The van der Waals surface area contributed by atoms with Crippen molar-refractivity contribution in [2.75, 3.05) is 6.61 Å². The quantitative estimate of drug-likeness (QED) is 0.359. The third kappa shape index (κ3) is 4.17. The summed E-state index contributed by atoms with van der Waals surface area (Å²) < 4.78 is 5.08. The van der Waals surface area contributed by atoms with Gasteiger partial charge in [0.2, 0.25) is 5.78 Å².